The van der Waals surface area contributed by atoms with Gasteiger partial charge < -0.3 is 20.4 Å². The van der Waals surface area contributed by atoms with Crippen LogP contribution in [0.1, 0.15) is 6.42 Å². The highest BCUT2D eigenvalue weighted by Crippen LogP contribution is 1.98. The molecule has 66 valence electrons. The van der Waals surface area contributed by atoms with Crippen molar-refractivity contribution in [3.63, 3.8) is 0 Å². The second kappa shape index (κ2) is 5.20. The molecule has 0 aromatic carbocycles. The molecule has 0 aliphatic heterocycles. The lowest BCUT2D eigenvalue weighted by Gasteiger charge is -2.10. The van der Waals surface area contributed by atoms with Crippen LogP contribution >= 0.6 is 0 Å². The van der Waals surface area contributed by atoms with Gasteiger partial charge in [-0.15, -0.1) is 0 Å². The van der Waals surface area contributed by atoms with Crippen LogP contribution in [0.25, 0.3) is 0 Å². The van der Waals surface area contributed by atoms with Gasteiger partial charge in [0.25, 0.3) is 0 Å². The maximum absolute atomic E-state index is 10.5. The Hall–Kier alpha value is -0.490. The number of carbonyl (C=O) groups excluding carboxylic acids is 1. The van der Waals surface area contributed by atoms with Crippen LogP contribution in [-0.4, -0.2) is 51.6 Å². The van der Waals surface area contributed by atoms with Crippen LogP contribution < -0.4 is 0 Å². The zero-order chi connectivity index (χ0) is 8.85. The van der Waals surface area contributed by atoms with Crippen LogP contribution in [0.2, 0.25) is 0 Å². The fourth-order valence-corrected chi connectivity index (χ4v) is 0.569. The predicted molar refractivity (Wildman–Crippen MR) is 35.8 cm³/mol. The molecule has 5 nitrogen and oxygen atoms in total. The number of ketones is 1. The van der Waals surface area contributed by atoms with Crippen molar-refractivity contribution in [3.05, 3.63) is 0 Å². The Morgan fingerprint density at radius 1 is 1.27 bits per heavy atom. The zero-order valence-corrected chi connectivity index (χ0v) is 5.97. The third-order valence-electron chi connectivity index (χ3n) is 1.23. The smallest absolute Gasteiger partial charge is 0.186 e. The second-order valence-electron chi connectivity index (χ2n) is 2.21. The van der Waals surface area contributed by atoms with Gasteiger partial charge in [0.1, 0.15) is 12.7 Å². The summed E-state index contributed by atoms with van der Waals surface area (Å²) in [6, 6.07) is 0. The molecule has 5 heteroatoms. The van der Waals surface area contributed by atoms with Gasteiger partial charge in [-0.1, -0.05) is 0 Å². The lowest BCUT2D eigenvalue weighted by Crippen LogP contribution is -2.29. The van der Waals surface area contributed by atoms with Crippen molar-refractivity contribution in [1.29, 1.82) is 0 Å². The van der Waals surface area contributed by atoms with Gasteiger partial charge in [0.2, 0.25) is 0 Å². The quantitative estimate of drug-likeness (QED) is 0.365. The van der Waals surface area contributed by atoms with Crippen LogP contribution in [-0.2, 0) is 4.79 Å². The summed E-state index contributed by atoms with van der Waals surface area (Å²) >= 11 is 0. The summed E-state index contributed by atoms with van der Waals surface area (Å²) in [6.07, 6.45) is -2.74. The van der Waals surface area contributed by atoms with Gasteiger partial charge in [-0.2, -0.15) is 0 Å². The molecule has 0 heterocycles. The maximum Gasteiger partial charge on any atom is 0.186 e. The Kier molecular flexibility index (Phi) is 4.97. The first kappa shape index (κ1) is 10.5. The molecule has 0 saturated carbocycles. The predicted octanol–water partition coefficient (Wildman–Crippen LogP) is -2.35. The molecule has 4 N–H and O–H groups in total. The molecule has 0 fully saturated rings. The minimum Gasteiger partial charge on any atom is -0.394 e. The summed E-state index contributed by atoms with van der Waals surface area (Å²) in [6.45, 7) is -1.25. The number of carbonyl (C=O) groups is 1. The SMILES string of the molecule is O=C(CO)[C@H](O)C[C@H](O)CO. The van der Waals surface area contributed by atoms with E-state index in [0.29, 0.717) is 0 Å². The summed E-state index contributed by atoms with van der Waals surface area (Å²) in [5.41, 5.74) is 0. The van der Waals surface area contributed by atoms with E-state index in [9.17, 15) is 4.79 Å². The van der Waals surface area contributed by atoms with E-state index in [1.807, 2.05) is 0 Å². The number of hydrogen-bond donors (Lipinski definition) is 4. The van der Waals surface area contributed by atoms with E-state index in [0.717, 1.165) is 0 Å². The molecule has 0 saturated heterocycles. The molecule has 0 aliphatic carbocycles. The minimum atomic E-state index is -1.39. The van der Waals surface area contributed by atoms with E-state index in [2.05, 4.69) is 0 Å². The first-order valence-electron chi connectivity index (χ1n) is 3.22. The Labute approximate surface area is 63.9 Å². The van der Waals surface area contributed by atoms with Gasteiger partial charge in [0.05, 0.1) is 12.7 Å². The summed E-state index contributed by atoms with van der Waals surface area (Å²) in [5, 5.41) is 34.1. The fraction of sp³-hybridized carbons (Fsp3) is 0.833. The molecule has 0 aromatic heterocycles. The highest BCUT2D eigenvalue weighted by Gasteiger charge is 2.17. The van der Waals surface area contributed by atoms with Crippen LogP contribution in [0.3, 0.4) is 0 Å². The zero-order valence-electron chi connectivity index (χ0n) is 5.97. The van der Waals surface area contributed by atoms with Crippen LogP contribution in [0.5, 0.6) is 0 Å². The third-order valence-corrected chi connectivity index (χ3v) is 1.23. The highest BCUT2D eigenvalue weighted by atomic mass is 16.3. The highest BCUT2D eigenvalue weighted by molar-refractivity contribution is 5.83. The van der Waals surface area contributed by atoms with Crippen LogP contribution in [0.4, 0.5) is 0 Å². The Morgan fingerprint density at radius 3 is 2.18 bits per heavy atom. The van der Waals surface area contributed by atoms with Gasteiger partial charge >= 0.3 is 0 Å². The molecule has 0 unspecified atom stereocenters. The van der Waals surface area contributed by atoms with Gasteiger partial charge in [0.15, 0.2) is 5.78 Å². The average Bonchev–Trinajstić information content (AvgIpc) is 2.02. The number of aliphatic hydroxyl groups is 4. The van der Waals surface area contributed by atoms with Crippen molar-refractivity contribution in [2.24, 2.45) is 0 Å². The lowest BCUT2D eigenvalue weighted by molar-refractivity contribution is -0.131. The molecule has 0 aliphatic rings. The number of aliphatic hydroxyl groups excluding tert-OH is 4. The molecule has 11 heavy (non-hydrogen) atoms. The summed E-state index contributed by atoms with van der Waals surface area (Å²) in [4.78, 5) is 10.5. The molecular formula is C6H12O5. The number of rotatable bonds is 5. The molecule has 0 aromatic rings. The summed E-state index contributed by atoms with van der Waals surface area (Å²) in [5.74, 6) is -0.752. The van der Waals surface area contributed by atoms with E-state index in [1.54, 1.807) is 0 Å². The van der Waals surface area contributed by atoms with Crippen molar-refractivity contribution in [3.8, 4) is 0 Å². The van der Waals surface area contributed by atoms with Crippen molar-refractivity contribution in [2.45, 2.75) is 18.6 Å². The Balaban J connectivity index is 3.67. The van der Waals surface area contributed by atoms with Gasteiger partial charge in [0, 0.05) is 6.42 Å². The lowest BCUT2D eigenvalue weighted by atomic mass is 10.1. The summed E-state index contributed by atoms with van der Waals surface area (Å²) < 4.78 is 0. The van der Waals surface area contributed by atoms with Gasteiger partial charge in [-0.25, -0.2) is 0 Å². The minimum absolute atomic E-state index is 0.240. The number of Topliss-reactive ketones (excluding diaryl/α,β-unsaturated/α-hetero) is 1. The van der Waals surface area contributed by atoms with E-state index in [4.69, 9.17) is 20.4 Å². The van der Waals surface area contributed by atoms with E-state index < -0.39 is 31.2 Å². The van der Waals surface area contributed by atoms with Crippen LogP contribution in [0.15, 0.2) is 0 Å². The van der Waals surface area contributed by atoms with Gasteiger partial charge in [-0.05, 0) is 0 Å². The molecule has 0 amide bonds. The second-order valence-corrected chi connectivity index (χ2v) is 2.21. The van der Waals surface area contributed by atoms with E-state index >= 15 is 0 Å². The van der Waals surface area contributed by atoms with Gasteiger partial charge in [-0.3, -0.25) is 4.79 Å². The van der Waals surface area contributed by atoms with Crippen LogP contribution in [0, 0.1) is 0 Å². The topological polar surface area (TPSA) is 98.0 Å². The largest absolute Gasteiger partial charge is 0.394 e. The molecule has 0 spiro atoms. The Bertz CT molecular complexity index is 124. The molecule has 2 atom stereocenters. The molecule has 0 bridgehead atoms. The Morgan fingerprint density at radius 2 is 1.82 bits per heavy atom. The third kappa shape index (κ3) is 4.05. The van der Waals surface area contributed by atoms with Crippen molar-refractivity contribution in [2.75, 3.05) is 13.2 Å². The molecular weight excluding hydrogens is 152 g/mol. The fourth-order valence-electron chi connectivity index (χ4n) is 0.569. The van der Waals surface area contributed by atoms with Crippen molar-refractivity contribution < 1.29 is 25.2 Å². The maximum atomic E-state index is 10.5. The first-order valence-corrected chi connectivity index (χ1v) is 3.22. The van der Waals surface area contributed by atoms with Crippen molar-refractivity contribution in [1.82, 2.24) is 0 Å². The standard InChI is InChI=1S/C6H12O5/c7-2-4(9)1-5(10)6(11)3-8/h4-5,7-10H,1-3H2/t4-,5+/m0/s1. The van der Waals surface area contributed by atoms with E-state index in [1.165, 1.54) is 0 Å². The van der Waals surface area contributed by atoms with Crippen molar-refractivity contribution >= 4 is 5.78 Å². The molecule has 0 radical (unpaired) electrons. The first-order chi connectivity index (χ1) is 5.11. The monoisotopic (exact) mass is 164 g/mol. The normalized spacial score (nSPS) is 16.0. The molecule has 0 rings (SSSR count). The average molecular weight is 164 g/mol. The van der Waals surface area contributed by atoms with E-state index in [-0.39, 0.29) is 6.42 Å². The summed E-state index contributed by atoms with van der Waals surface area (Å²) in [7, 11) is 0. The number of hydrogen-bond acceptors (Lipinski definition) is 5.